The quantitative estimate of drug-likeness (QED) is 0.351. The zero-order valence-corrected chi connectivity index (χ0v) is 20.6. The number of ketones is 2. The van der Waals surface area contributed by atoms with Crippen molar-refractivity contribution in [2.75, 3.05) is 4.90 Å². The van der Waals surface area contributed by atoms with E-state index in [4.69, 9.17) is 11.6 Å². The average molecular weight is 527 g/mol. The van der Waals surface area contributed by atoms with Crippen LogP contribution in [0.3, 0.4) is 0 Å². The van der Waals surface area contributed by atoms with Gasteiger partial charge < -0.3 is 4.90 Å². The summed E-state index contributed by atoms with van der Waals surface area (Å²) in [5, 5.41) is 0.450. The predicted octanol–water partition coefficient (Wildman–Crippen LogP) is 4.86. The first-order valence-electron chi connectivity index (χ1n) is 12.1. The number of para-hydroxylation sites is 1. The Morgan fingerprint density at radius 3 is 2.16 bits per heavy atom. The van der Waals surface area contributed by atoms with Gasteiger partial charge in [0.1, 0.15) is 11.9 Å². The van der Waals surface area contributed by atoms with Crippen LogP contribution >= 0.6 is 11.6 Å². The summed E-state index contributed by atoms with van der Waals surface area (Å²) in [6, 6.07) is 18.8. The fourth-order valence-electron chi connectivity index (χ4n) is 5.61. The van der Waals surface area contributed by atoms with Gasteiger partial charge in [0, 0.05) is 27.9 Å². The molecule has 3 aliphatic rings. The van der Waals surface area contributed by atoms with Crippen molar-refractivity contribution in [3.05, 3.63) is 125 Å². The molecule has 0 spiro atoms. The molecule has 0 unspecified atom stereocenters. The monoisotopic (exact) mass is 526 g/mol. The molecule has 4 atom stereocenters. The van der Waals surface area contributed by atoms with Gasteiger partial charge in [0.2, 0.25) is 11.8 Å². The molecule has 0 radical (unpaired) electrons. The van der Waals surface area contributed by atoms with Crippen LogP contribution in [0.5, 0.6) is 0 Å². The van der Waals surface area contributed by atoms with E-state index in [2.05, 4.69) is 0 Å². The minimum absolute atomic E-state index is 0.156. The maximum Gasteiger partial charge on any atom is 0.240 e. The van der Waals surface area contributed by atoms with Crippen molar-refractivity contribution in [2.24, 2.45) is 11.8 Å². The van der Waals surface area contributed by atoms with Crippen LogP contribution in [0.25, 0.3) is 0 Å². The summed E-state index contributed by atoms with van der Waals surface area (Å²) in [5.74, 6) is -4.63. The number of fused-ring (bicyclic) bond motifs is 3. The van der Waals surface area contributed by atoms with E-state index in [0.717, 1.165) is 4.90 Å². The minimum atomic E-state index is -1.07. The molecule has 8 heteroatoms. The van der Waals surface area contributed by atoms with Crippen molar-refractivity contribution in [1.82, 2.24) is 4.90 Å². The number of imide groups is 1. The summed E-state index contributed by atoms with van der Waals surface area (Å²) in [4.78, 5) is 57.0. The Hall–Kier alpha value is -4.36. The molecule has 2 amide bonds. The Labute approximate surface area is 222 Å². The van der Waals surface area contributed by atoms with E-state index < -0.39 is 41.6 Å². The highest BCUT2D eigenvalue weighted by Gasteiger charge is 2.63. The van der Waals surface area contributed by atoms with Crippen molar-refractivity contribution >= 4 is 40.7 Å². The van der Waals surface area contributed by atoms with Gasteiger partial charge in [0.25, 0.3) is 0 Å². The first-order chi connectivity index (χ1) is 18.4. The number of hydrogen-bond donors (Lipinski definition) is 0. The lowest BCUT2D eigenvalue weighted by molar-refractivity contribution is -0.123. The topological polar surface area (TPSA) is 74.8 Å². The van der Waals surface area contributed by atoms with Crippen molar-refractivity contribution < 1.29 is 23.6 Å². The van der Waals surface area contributed by atoms with Gasteiger partial charge in [-0.1, -0.05) is 60.1 Å². The Morgan fingerprint density at radius 2 is 1.45 bits per heavy atom. The van der Waals surface area contributed by atoms with Gasteiger partial charge in [0.05, 0.1) is 23.6 Å². The van der Waals surface area contributed by atoms with E-state index in [-0.39, 0.29) is 17.3 Å². The second kappa shape index (κ2) is 9.19. The molecule has 0 N–H and O–H groups in total. The number of rotatable bonds is 5. The molecular weight excluding hydrogens is 507 g/mol. The Bertz CT molecular complexity index is 1550. The lowest BCUT2D eigenvalue weighted by Crippen LogP contribution is -2.46. The van der Waals surface area contributed by atoms with Crippen molar-refractivity contribution in [3.8, 4) is 0 Å². The first-order valence-corrected chi connectivity index (χ1v) is 12.4. The van der Waals surface area contributed by atoms with Crippen LogP contribution in [-0.2, 0) is 9.59 Å². The normalized spacial score (nSPS) is 23.8. The van der Waals surface area contributed by atoms with Gasteiger partial charge in [-0.3, -0.25) is 19.2 Å². The average Bonchev–Trinajstić information content (AvgIpc) is 3.41. The molecule has 0 bridgehead atoms. The van der Waals surface area contributed by atoms with Gasteiger partial charge in [-0.2, -0.15) is 0 Å². The lowest BCUT2D eigenvalue weighted by atomic mass is 9.85. The van der Waals surface area contributed by atoms with Gasteiger partial charge in [-0.15, -0.1) is 0 Å². The highest BCUT2D eigenvalue weighted by molar-refractivity contribution is 6.30. The largest absolute Gasteiger partial charge is 0.359 e. The van der Waals surface area contributed by atoms with Crippen LogP contribution < -0.4 is 4.90 Å². The number of allylic oxidation sites excluding steroid dienone is 2. The second-order valence-corrected chi connectivity index (χ2v) is 9.84. The summed E-state index contributed by atoms with van der Waals surface area (Å²) < 4.78 is 14.7. The van der Waals surface area contributed by atoms with E-state index >= 15 is 0 Å². The number of nitrogens with zero attached hydrogens (tertiary/aromatic N) is 2. The number of anilines is 1. The van der Waals surface area contributed by atoms with Crippen LogP contribution in [-0.4, -0.2) is 40.4 Å². The van der Waals surface area contributed by atoms with Crippen LogP contribution in [0, 0.1) is 17.7 Å². The molecule has 0 aromatic heterocycles. The first kappa shape index (κ1) is 24.0. The van der Waals surface area contributed by atoms with Gasteiger partial charge in [0.15, 0.2) is 11.6 Å². The van der Waals surface area contributed by atoms with Crippen LogP contribution in [0.15, 0.2) is 103 Å². The highest BCUT2D eigenvalue weighted by atomic mass is 35.5. The third-order valence-corrected chi connectivity index (χ3v) is 7.59. The molecule has 2 saturated heterocycles. The fourth-order valence-corrected chi connectivity index (χ4v) is 5.74. The molecule has 188 valence electrons. The van der Waals surface area contributed by atoms with E-state index in [0.29, 0.717) is 21.7 Å². The molecule has 38 heavy (non-hydrogen) atoms. The smallest absolute Gasteiger partial charge is 0.240 e. The number of carbonyl (C=O) groups is 4. The predicted molar refractivity (Wildman–Crippen MR) is 139 cm³/mol. The molecule has 3 aliphatic heterocycles. The third-order valence-electron chi connectivity index (χ3n) is 7.34. The zero-order chi connectivity index (χ0) is 26.6. The third kappa shape index (κ3) is 3.70. The number of amides is 2. The fraction of sp³-hybridized carbons (Fsp3) is 0.133. The standard InChI is InChI=1S/C30H20ClFN2O4/c31-20-12-10-18(11-13-20)28(36)26-25-24(29(37)34(30(25)38)22-9-5-4-8-21(22)32)23-16-19(14-15-33(23)26)27(35)17-6-2-1-3-7-17/h1-16,23-26H/t23-,24-,25-,26+/m1/s1. The molecular formula is C30H20ClFN2O4. The van der Waals surface area contributed by atoms with Crippen molar-refractivity contribution in [3.63, 3.8) is 0 Å². The number of carbonyl (C=O) groups excluding carboxylic acids is 4. The van der Waals surface area contributed by atoms with Gasteiger partial charge >= 0.3 is 0 Å². The van der Waals surface area contributed by atoms with Gasteiger partial charge in [-0.25, -0.2) is 9.29 Å². The molecule has 0 aliphatic carbocycles. The molecule has 3 aromatic carbocycles. The van der Waals surface area contributed by atoms with E-state index in [1.165, 1.54) is 24.3 Å². The highest BCUT2D eigenvalue weighted by Crippen LogP contribution is 2.47. The number of hydrogen-bond acceptors (Lipinski definition) is 5. The summed E-state index contributed by atoms with van der Waals surface area (Å²) in [6.07, 6.45) is 4.84. The SMILES string of the molecule is O=C(C1=C[C@@H]2[C@H]3C(=O)N(c4ccccc4F)C(=O)[C@H]3[C@@H](C(=O)c3ccc(Cl)cc3)N2C=C1)c1ccccc1. The van der Waals surface area contributed by atoms with Crippen LogP contribution in [0.1, 0.15) is 20.7 Å². The second-order valence-electron chi connectivity index (χ2n) is 9.40. The maximum absolute atomic E-state index is 14.7. The van der Waals surface area contributed by atoms with E-state index in [9.17, 15) is 23.6 Å². The van der Waals surface area contributed by atoms with Crippen molar-refractivity contribution in [2.45, 2.75) is 12.1 Å². The Balaban J connectivity index is 1.44. The molecule has 0 saturated carbocycles. The van der Waals surface area contributed by atoms with E-state index in [1.807, 2.05) is 0 Å². The molecule has 2 fully saturated rings. The summed E-state index contributed by atoms with van der Waals surface area (Å²) in [7, 11) is 0. The van der Waals surface area contributed by atoms with Crippen LogP contribution in [0.2, 0.25) is 5.02 Å². The molecule has 6 nitrogen and oxygen atoms in total. The molecule has 3 aromatic rings. The zero-order valence-electron chi connectivity index (χ0n) is 19.8. The van der Waals surface area contributed by atoms with Crippen LogP contribution in [0.4, 0.5) is 10.1 Å². The van der Waals surface area contributed by atoms with E-state index in [1.54, 1.807) is 77.8 Å². The maximum atomic E-state index is 14.7. The summed E-state index contributed by atoms with van der Waals surface area (Å²) in [5.41, 5.74) is 0.992. The summed E-state index contributed by atoms with van der Waals surface area (Å²) in [6.45, 7) is 0. The Morgan fingerprint density at radius 1 is 0.789 bits per heavy atom. The number of Topliss-reactive ketones (excluding diaryl/α,β-unsaturated/α-hetero) is 2. The summed E-state index contributed by atoms with van der Waals surface area (Å²) >= 11 is 6.00. The molecule has 3 heterocycles. The minimum Gasteiger partial charge on any atom is -0.359 e. The van der Waals surface area contributed by atoms with Gasteiger partial charge in [-0.05, 0) is 42.5 Å². The number of halogens is 2. The molecule has 6 rings (SSSR count). The number of benzene rings is 3. The lowest BCUT2D eigenvalue weighted by Gasteiger charge is -2.32. The Kier molecular flexibility index (Phi) is 5.80. The van der Waals surface area contributed by atoms with Crippen molar-refractivity contribution in [1.29, 1.82) is 0 Å².